The fourth-order valence-corrected chi connectivity index (χ4v) is 13.2. The Morgan fingerprint density at radius 2 is 1.03 bits per heavy atom. The Bertz CT molecular complexity index is 4800. The number of nitrogens with two attached hydrogens (primary N) is 1. The summed E-state index contributed by atoms with van der Waals surface area (Å²) in [6.07, 6.45) is 5.62. The number of rotatable bonds is 14. The number of anilines is 1. The van der Waals surface area contributed by atoms with Gasteiger partial charge in [-0.25, -0.2) is 4.39 Å². The van der Waals surface area contributed by atoms with Crippen molar-refractivity contribution in [2.45, 2.75) is 254 Å². The zero-order valence-corrected chi connectivity index (χ0v) is 78.0. The van der Waals surface area contributed by atoms with Gasteiger partial charge in [0.25, 0.3) is 5.89 Å². The summed E-state index contributed by atoms with van der Waals surface area (Å²) in [5.41, 5.74) is 21.8. The van der Waals surface area contributed by atoms with Gasteiger partial charge in [-0.15, -0.1) is 46.0 Å². The molecule has 3 aliphatic rings. The lowest BCUT2D eigenvalue weighted by Crippen LogP contribution is -2.17. The predicted octanol–water partition coefficient (Wildman–Crippen LogP) is 32.2. The fraction of sp³-hybridized carbons (Fsp3) is 0.412. The van der Waals surface area contributed by atoms with Crippen molar-refractivity contribution in [2.24, 2.45) is 38.6 Å². The fourth-order valence-electron chi connectivity index (χ4n) is 11.1. The summed E-state index contributed by atoms with van der Waals surface area (Å²) in [5.74, 6) is 6.53. The van der Waals surface area contributed by atoms with Crippen molar-refractivity contribution in [3.05, 3.63) is 305 Å². The molecule has 0 aliphatic carbocycles. The number of ether oxygens (including phenoxy) is 1. The summed E-state index contributed by atoms with van der Waals surface area (Å²) in [4.78, 5) is 37.6. The molecule has 0 spiro atoms. The molecule has 0 radical (unpaired) electrons. The molecule has 3 aliphatic heterocycles. The first kappa shape index (κ1) is 109. The lowest BCUT2D eigenvalue weighted by molar-refractivity contribution is -0.274. The number of aromatic nitrogens is 5. The summed E-state index contributed by atoms with van der Waals surface area (Å²) < 4.78 is 58.7. The van der Waals surface area contributed by atoms with Crippen LogP contribution in [0.15, 0.2) is 242 Å². The van der Waals surface area contributed by atoms with Gasteiger partial charge in [0, 0.05) is 99.6 Å². The van der Waals surface area contributed by atoms with Crippen molar-refractivity contribution < 1.29 is 26.7 Å². The number of alkyl halides is 3. The Kier molecular flexibility index (Phi) is 50.2. The molecule has 0 saturated heterocycles. The summed E-state index contributed by atoms with van der Waals surface area (Å²) in [6, 6.07) is 58.1. The third-order valence-corrected chi connectivity index (χ3v) is 21.6. The molecule has 0 fully saturated rings. The van der Waals surface area contributed by atoms with Crippen molar-refractivity contribution in [3.8, 4) is 16.5 Å². The van der Waals surface area contributed by atoms with E-state index < -0.39 is 12.2 Å². The second-order valence-corrected chi connectivity index (χ2v) is 35.3. The zero-order chi connectivity index (χ0) is 89.3. The van der Waals surface area contributed by atoms with Crippen molar-refractivity contribution in [1.82, 2.24) is 25.1 Å². The Labute approximate surface area is 746 Å². The van der Waals surface area contributed by atoms with E-state index in [9.17, 15) is 22.4 Å². The van der Waals surface area contributed by atoms with E-state index in [0.717, 1.165) is 63.0 Å². The van der Waals surface area contributed by atoms with Crippen molar-refractivity contribution >= 4 is 80.1 Å². The van der Waals surface area contributed by atoms with Gasteiger partial charge in [-0.2, -0.15) is 0 Å². The molecule has 662 valence electrons. The standard InChI is InChI=1S/C12H12F3NO.C11H13Cl2F.C11H13N.C9H10N2OS.C9H13NO.2C9H12.C8H12N2.C8H11N.C7H11N.C7H10S.2CH4/c1-7(2)11-6-8-5-9(17-12(13,14)15)3-4-10(8)16-11;1-6(2)7(3)10-8(12)4-5-9(14)11(10)13;1-8(2)11-7-9-5-3-4-6-10(9)12-11;1-6(2)8-10-11-9(12-8)7-4-3-5-13-7;1-6(2)8-4-7(3)10-9(11)5-8;2*1-8(2)9-6-4-3-5-7-9;1-6(2)8-5-7(9)3-4-10-8;1-7(2)8-5-3-4-6-9-8;2*1-6(2)7-4-3-5-8-7;;/h3-5,7H,6H2,1-2H3;4-7H,1-3H3;3-6,8H,7H2,1-2H3;3-6H,1-2H3;4-6H,1-3H3,(H,10,11);2*3-8H,1-2H3;3-6H,1-2H3,(H2,9,10);3-7H,1-2H3;3,5-6H,4H2,1-2H3;3-6H,1-2H3;2*1H4. The van der Waals surface area contributed by atoms with E-state index in [1.165, 1.54) is 56.9 Å². The SMILES string of the molecule is C.C.CC(C)C(C)c1c(Cl)ccc(F)c1Cl.CC(C)C1=NC=CC1.CC(C)C1=Nc2ccc(OC(F)(F)F)cc2C1.CC(C)C1=Nc2ccccc2C1.CC(C)c1cc(N)ccn1.CC(C)c1ccccc1.CC(C)c1ccccc1.CC(C)c1ccccn1.CC(C)c1cccs1.CC(C)c1nnc(-c2cccs2)o1.Cc1cc(C(C)C)cc(=O)[nH]1. The average Bonchev–Trinajstić information content (AvgIpc) is 1.50. The van der Waals surface area contributed by atoms with E-state index in [0.29, 0.717) is 93.9 Å². The predicted molar refractivity (Wildman–Crippen MR) is 518 cm³/mol. The Morgan fingerprint density at radius 1 is 0.500 bits per heavy atom. The number of hydrogen-bond acceptors (Lipinski definition) is 13. The van der Waals surface area contributed by atoms with E-state index in [4.69, 9.17) is 33.4 Å². The number of nitrogens with zero attached hydrogens (tertiary/aromatic N) is 7. The Morgan fingerprint density at radius 3 is 1.43 bits per heavy atom. The van der Waals surface area contributed by atoms with Gasteiger partial charge in [0.05, 0.1) is 21.3 Å². The molecule has 5 aromatic carbocycles. The van der Waals surface area contributed by atoms with Crippen LogP contribution in [0, 0.1) is 36.4 Å². The first-order chi connectivity index (χ1) is 56.7. The monoisotopic (exact) mass is 1750 g/mol. The minimum atomic E-state index is -4.64. The molecule has 20 heteroatoms. The number of para-hydroxylation sites is 1. The molecule has 0 amide bonds. The highest BCUT2D eigenvalue weighted by Gasteiger charge is 2.32. The number of H-pyrrole nitrogens is 1. The Balaban J connectivity index is 0.000000457. The van der Waals surface area contributed by atoms with E-state index in [1.54, 1.807) is 41.8 Å². The smallest absolute Gasteiger partial charge is 0.420 e. The van der Waals surface area contributed by atoms with Crippen LogP contribution in [0.25, 0.3) is 10.8 Å². The highest BCUT2D eigenvalue weighted by Crippen LogP contribution is 2.38. The molecule has 6 aromatic heterocycles. The summed E-state index contributed by atoms with van der Waals surface area (Å²) in [6.45, 7) is 50.7. The minimum Gasteiger partial charge on any atom is -0.420 e. The molecule has 12 nitrogen and oxygen atoms in total. The van der Waals surface area contributed by atoms with Crippen LogP contribution in [-0.2, 0) is 12.8 Å². The molecule has 1 unspecified atom stereocenters. The van der Waals surface area contributed by atoms with E-state index in [2.05, 4.69) is 260 Å². The van der Waals surface area contributed by atoms with Gasteiger partial charge in [-0.1, -0.05) is 300 Å². The number of aryl methyl sites for hydroxylation is 1. The van der Waals surface area contributed by atoms with Crippen LogP contribution in [0.2, 0.25) is 10.0 Å². The number of hydrogen-bond donors (Lipinski definition) is 2. The van der Waals surface area contributed by atoms with Gasteiger partial charge in [-0.05, 0) is 195 Å². The van der Waals surface area contributed by atoms with E-state index >= 15 is 0 Å². The van der Waals surface area contributed by atoms with Gasteiger partial charge in [0.1, 0.15) is 11.6 Å². The normalized spacial score (nSPS) is 12.1. The second kappa shape index (κ2) is 56.3. The van der Waals surface area contributed by atoms with Gasteiger partial charge >= 0.3 is 6.36 Å². The van der Waals surface area contributed by atoms with Crippen LogP contribution < -0.4 is 16.0 Å². The highest BCUT2D eigenvalue weighted by molar-refractivity contribution is 7.13. The molecule has 122 heavy (non-hydrogen) atoms. The largest absolute Gasteiger partial charge is 0.573 e. The number of pyridine rings is 3. The molecule has 14 rings (SSSR count). The van der Waals surface area contributed by atoms with Crippen LogP contribution in [0.3, 0.4) is 0 Å². The number of aliphatic imine (C=N–C) groups is 3. The number of fused-ring (bicyclic) bond motifs is 2. The number of halogens is 6. The molecule has 0 saturated carbocycles. The highest BCUT2D eigenvalue weighted by atomic mass is 35.5. The number of aromatic amines is 1. The van der Waals surface area contributed by atoms with Crippen molar-refractivity contribution in [3.63, 3.8) is 0 Å². The van der Waals surface area contributed by atoms with Crippen molar-refractivity contribution in [2.75, 3.05) is 5.73 Å². The number of nitrogens with one attached hydrogen (secondary N) is 1. The lowest BCUT2D eigenvalue weighted by atomic mass is 9.90. The van der Waals surface area contributed by atoms with E-state index in [-0.39, 0.29) is 37.1 Å². The van der Waals surface area contributed by atoms with Gasteiger partial charge in [0.15, 0.2) is 0 Å². The summed E-state index contributed by atoms with van der Waals surface area (Å²) in [5, 5.41) is 12.7. The quantitative estimate of drug-likeness (QED) is 0.0800. The Hall–Kier alpha value is -9.46. The number of thiophene rings is 2. The van der Waals surface area contributed by atoms with Crippen molar-refractivity contribution in [1.29, 1.82) is 0 Å². The molecule has 9 heterocycles. The first-order valence-electron chi connectivity index (χ1n) is 41.5. The topological polar surface area (TPSA) is 170 Å². The maximum absolute atomic E-state index is 13.2. The summed E-state index contributed by atoms with van der Waals surface area (Å²) in [7, 11) is 0. The van der Waals surface area contributed by atoms with Crippen LogP contribution in [0.5, 0.6) is 5.75 Å². The van der Waals surface area contributed by atoms with Crippen LogP contribution in [0.4, 0.5) is 34.6 Å². The maximum Gasteiger partial charge on any atom is 0.573 e. The van der Waals surface area contributed by atoms with Crippen LogP contribution >= 0.6 is 45.9 Å². The maximum atomic E-state index is 13.2. The lowest BCUT2D eigenvalue weighted by Gasteiger charge is -2.19. The van der Waals surface area contributed by atoms with Crippen LogP contribution in [-0.4, -0.2) is 48.6 Å². The number of nitrogen functional groups attached to an aromatic ring is 1. The van der Waals surface area contributed by atoms with Gasteiger partial charge in [0.2, 0.25) is 11.4 Å². The third-order valence-electron chi connectivity index (χ3n) is 18.8. The van der Waals surface area contributed by atoms with Gasteiger partial charge < -0.3 is 19.9 Å². The van der Waals surface area contributed by atoms with E-state index in [1.807, 2.05) is 131 Å². The average molecular weight is 1750 g/mol. The molecule has 1 atom stereocenters. The summed E-state index contributed by atoms with van der Waals surface area (Å²) >= 11 is 15.3. The molecule has 11 aromatic rings. The second-order valence-electron chi connectivity index (χ2n) is 32.6. The number of allylic oxidation sites excluding steroid dienone is 1. The number of benzene rings is 5. The zero-order valence-electron chi connectivity index (χ0n) is 74.9. The first-order valence-corrected chi connectivity index (χ1v) is 44.0. The third kappa shape index (κ3) is 40.7. The molecule has 0 bridgehead atoms. The molecular weight excluding hydrogens is 1610 g/mol. The van der Waals surface area contributed by atoms with Gasteiger partial charge in [-0.3, -0.25) is 29.7 Å². The van der Waals surface area contributed by atoms with Crippen LogP contribution in [0.1, 0.15) is 289 Å². The minimum absolute atomic E-state index is 0. The molecule has 3 N–H and O–H groups in total. The molecular formula is C102H137Cl2F4N9O3S2.